The number of anilines is 1. The number of hydrogen-bond acceptors (Lipinski definition) is 4. The Kier molecular flexibility index (Phi) is 3.10. The molecule has 2 aromatic heterocycles. The van der Waals surface area contributed by atoms with E-state index in [0.717, 1.165) is 0 Å². The van der Waals surface area contributed by atoms with Gasteiger partial charge >= 0.3 is 0 Å². The van der Waals surface area contributed by atoms with Gasteiger partial charge in [-0.25, -0.2) is 13.9 Å². The highest BCUT2D eigenvalue weighted by Crippen LogP contribution is 2.22. The van der Waals surface area contributed by atoms with Crippen LogP contribution in [-0.2, 0) is 0 Å². The number of aromatic nitrogens is 3. The van der Waals surface area contributed by atoms with Gasteiger partial charge in [0.25, 0.3) is 5.95 Å². The summed E-state index contributed by atoms with van der Waals surface area (Å²) in [4.78, 5) is 4.35. The van der Waals surface area contributed by atoms with E-state index in [1.54, 1.807) is 6.07 Å². The van der Waals surface area contributed by atoms with E-state index in [-0.39, 0.29) is 5.82 Å². The lowest BCUT2D eigenvalue weighted by atomic mass is 10.00. The van der Waals surface area contributed by atoms with Crippen LogP contribution in [0.4, 0.5) is 10.3 Å². The third-order valence-corrected chi connectivity index (χ3v) is 3.72. The van der Waals surface area contributed by atoms with Gasteiger partial charge in [0.2, 0.25) is 0 Å². The molecule has 3 heterocycles. The van der Waals surface area contributed by atoms with Gasteiger partial charge in [0.1, 0.15) is 5.82 Å². The normalized spacial score (nSPS) is 24.8. The van der Waals surface area contributed by atoms with Crippen LogP contribution in [0.15, 0.2) is 18.3 Å². The van der Waals surface area contributed by atoms with E-state index in [9.17, 15) is 4.39 Å². The van der Waals surface area contributed by atoms with E-state index in [1.807, 2.05) is 0 Å². The van der Waals surface area contributed by atoms with Crippen molar-refractivity contribution in [3.63, 3.8) is 0 Å². The number of hydrazine groups is 1. The summed E-state index contributed by atoms with van der Waals surface area (Å²) in [7, 11) is 0. The summed E-state index contributed by atoms with van der Waals surface area (Å²) in [5.74, 6) is 0.204. The minimum atomic E-state index is -0.316. The summed E-state index contributed by atoms with van der Waals surface area (Å²) >= 11 is 0. The number of halogens is 1. The lowest BCUT2D eigenvalue weighted by molar-refractivity contribution is 0.134. The summed E-state index contributed by atoms with van der Waals surface area (Å²) in [6.07, 6.45) is 4.92. The maximum Gasteiger partial charge on any atom is 0.257 e. The van der Waals surface area contributed by atoms with Crippen molar-refractivity contribution in [2.75, 3.05) is 5.43 Å². The summed E-state index contributed by atoms with van der Waals surface area (Å²) in [6.45, 7) is 4.39. The van der Waals surface area contributed by atoms with E-state index in [1.165, 1.54) is 36.0 Å². The highest BCUT2D eigenvalue weighted by Gasteiger charge is 2.25. The lowest BCUT2D eigenvalue weighted by Gasteiger charge is -2.38. The smallest absolute Gasteiger partial charge is 0.257 e. The first-order valence-corrected chi connectivity index (χ1v) is 6.70. The second-order valence-electron chi connectivity index (χ2n) is 5.23. The summed E-state index contributed by atoms with van der Waals surface area (Å²) < 4.78 is 14.6. The molecule has 1 aliphatic rings. The molecule has 0 aromatic carbocycles. The van der Waals surface area contributed by atoms with Crippen molar-refractivity contribution in [2.24, 2.45) is 0 Å². The van der Waals surface area contributed by atoms with E-state index in [2.05, 4.69) is 34.4 Å². The van der Waals surface area contributed by atoms with Gasteiger partial charge in [-0.3, -0.25) is 5.43 Å². The highest BCUT2D eigenvalue weighted by molar-refractivity contribution is 5.42. The molecule has 1 fully saturated rings. The molecular formula is C13H18FN5. The largest absolute Gasteiger partial charge is 0.285 e. The Morgan fingerprint density at radius 2 is 2.00 bits per heavy atom. The minimum absolute atomic E-state index is 0.316. The maximum absolute atomic E-state index is 13.1. The SMILES string of the molecule is CC1CCCC(C)N1Nc1nc2ccc(F)cn2n1. The molecule has 5 nitrogen and oxygen atoms in total. The molecule has 0 aliphatic carbocycles. The molecule has 102 valence electrons. The highest BCUT2D eigenvalue weighted by atomic mass is 19.1. The molecule has 0 bridgehead atoms. The molecule has 3 rings (SSSR count). The van der Waals surface area contributed by atoms with Crippen molar-refractivity contribution in [1.29, 1.82) is 0 Å². The van der Waals surface area contributed by atoms with E-state index < -0.39 is 0 Å². The van der Waals surface area contributed by atoms with Crippen LogP contribution in [0.5, 0.6) is 0 Å². The van der Waals surface area contributed by atoms with Crippen molar-refractivity contribution in [3.8, 4) is 0 Å². The van der Waals surface area contributed by atoms with Crippen molar-refractivity contribution in [2.45, 2.75) is 45.2 Å². The quantitative estimate of drug-likeness (QED) is 0.904. The number of fused-ring (bicyclic) bond motifs is 1. The molecule has 6 heteroatoms. The van der Waals surface area contributed by atoms with Crippen LogP contribution in [0.3, 0.4) is 0 Å². The molecule has 1 aliphatic heterocycles. The lowest BCUT2D eigenvalue weighted by Crippen LogP contribution is -2.47. The van der Waals surface area contributed by atoms with Gasteiger partial charge in [0.15, 0.2) is 5.65 Å². The first kappa shape index (κ1) is 12.3. The summed E-state index contributed by atoms with van der Waals surface area (Å²) in [6, 6.07) is 3.91. The molecule has 1 saturated heterocycles. The molecule has 2 atom stereocenters. The Balaban J connectivity index is 1.84. The Hall–Kier alpha value is -1.69. The number of nitrogens with one attached hydrogen (secondary N) is 1. The second-order valence-corrected chi connectivity index (χ2v) is 5.23. The zero-order chi connectivity index (χ0) is 13.4. The van der Waals surface area contributed by atoms with E-state index >= 15 is 0 Å². The predicted octanol–water partition coefficient (Wildman–Crippen LogP) is 2.46. The van der Waals surface area contributed by atoms with Crippen molar-refractivity contribution in [3.05, 3.63) is 24.1 Å². The van der Waals surface area contributed by atoms with Crippen molar-refractivity contribution in [1.82, 2.24) is 19.6 Å². The Morgan fingerprint density at radius 1 is 1.26 bits per heavy atom. The Bertz CT molecular complexity index is 571. The van der Waals surface area contributed by atoms with Crippen LogP contribution in [-0.4, -0.2) is 31.7 Å². The Labute approximate surface area is 111 Å². The first-order valence-electron chi connectivity index (χ1n) is 6.70. The summed E-state index contributed by atoms with van der Waals surface area (Å²) in [5.41, 5.74) is 3.90. The van der Waals surface area contributed by atoms with Gasteiger partial charge in [0.05, 0.1) is 6.20 Å². The van der Waals surface area contributed by atoms with Crippen molar-refractivity contribution < 1.29 is 4.39 Å². The van der Waals surface area contributed by atoms with E-state index in [0.29, 0.717) is 23.7 Å². The molecule has 19 heavy (non-hydrogen) atoms. The molecule has 2 unspecified atom stereocenters. The summed E-state index contributed by atoms with van der Waals surface area (Å²) in [5, 5.41) is 6.44. The standard InChI is InChI=1S/C13H18FN5/c1-9-4-3-5-10(2)19(9)17-13-15-12-7-6-11(14)8-18(12)16-13/h6-10H,3-5H2,1-2H3,(H,16,17). The molecular weight excluding hydrogens is 245 g/mol. The van der Waals surface area contributed by atoms with Gasteiger partial charge in [-0.2, -0.15) is 4.98 Å². The van der Waals surface area contributed by atoms with Crippen LogP contribution < -0.4 is 5.43 Å². The predicted molar refractivity (Wildman–Crippen MR) is 71.2 cm³/mol. The van der Waals surface area contributed by atoms with Gasteiger partial charge in [0, 0.05) is 12.1 Å². The fourth-order valence-electron chi connectivity index (χ4n) is 2.66. The van der Waals surface area contributed by atoms with Crippen LogP contribution >= 0.6 is 0 Å². The zero-order valence-electron chi connectivity index (χ0n) is 11.2. The van der Waals surface area contributed by atoms with Crippen LogP contribution in [0.25, 0.3) is 5.65 Å². The first-order chi connectivity index (χ1) is 9.13. The molecule has 1 N–H and O–H groups in total. The molecule has 0 spiro atoms. The average Bonchev–Trinajstić information content (AvgIpc) is 2.75. The van der Waals surface area contributed by atoms with Crippen molar-refractivity contribution >= 4 is 11.6 Å². The number of pyridine rings is 1. The number of nitrogens with zero attached hydrogens (tertiary/aromatic N) is 4. The topological polar surface area (TPSA) is 45.5 Å². The maximum atomic E-state index is 13.1. The van der Waals surface area contributed by atoms with Crippen LogP contribution in [0.1, 0.15) is 33.1 Å². The number of piperidine rings is 1. The monoisotopic (exact) mass is 263 g/mol. The van der Waals surface area contributed by atoms with Gasteiger partial charge in [-0.1, -0.05) is 6.42 Å². The molecule has 2 aromatic rings. The number of hydrogen-bond donors (Lipinski definition) is 1. The second kappa shape index (κ2) is 4.77. The zero-order valence-corrected chi connectivity index (χ0v) is 11.2. The van der Waals surface area contributed by atoms with Crippen LogP contribution in [0, 0.1) is 5.82 Å². The third-order valence-electron chi connectivity index (χ3n) is 3.72. The van der Waals surface area contributed by atoms with Gasteiger partial charge in [-0.05, 0) is 38.8 Å². The van der Waals surface area contributed by atoms with Gasteiger partial charge < -0.3 is 0 Å². The fraction of sp³-hybridized carbons (Fsp3) is 0.538. The van der Waals surface area contributed by atoms with E-state index in [4.69, 9.17) is 0 Å². The minimum Gasteiger partial charge on any atom is -0.285 e. The average molecular weight is 263 g/mol. The fourth-order valence-corrected chi connectivity index (χ4v) is 2.66. The molecule has 0 radical (unpaired) electrons. The molecule has 0 amide bonds. The van der Waals surface area contributed by atoms with Gasteiger partial charge in [-0.15, -0.1) is 5.10 Å². The third kappa shape index (κ3) is 2.40. The Morgan fingerprint density at radius 3 is 2.74 bits per heavy atom. The number of rotatable bonds is 2. The molecule has 0 saturated carbocycles. The van der Waals surface area contributed by atoms with Crippen LogP contribution in [0.2, 0.25) is 0 Å².